The number of carbonyl (C=O) groups excluding carboxylic acids is 1. The van der Waals surface area contributed by atoms with E-state index in [0.29, 0.717) is 30.9 Å². The molecule has 2 aliphatic heterocycles. The second-order valence-corrected chi connectivity index (χ2v) is 11.6. The molecule has 2 saturated heterocycles. The zero-order valence-corrected chi connectivity index (χ0v) is 21.2. The summed E-state index contributed by atoms with van der Waals surface area (Å²) in [6.45, 7) is 2.69. The van der Waals surface area contributed by atoms with Crippen molar-refractivity contribution >= 4 is 27.0 Å². The Bertz CT molecular complexity index is 1390. The molecule has 5 rings (SSSR count). The fraction of sp³-hybridized carbons (Fsp3) is 0.462. The first-order chi connectivity index (χ1) is 17.3. The van der Waals surface area contributed by atoms with E-state index in [4.69, 9.17) is 9.15 Å². The maximum absolute atomic E-state index is 13.2. The number of ether oxygens (including phenoxy) is 1. The van der Waals surface area contributed by atoms with E-state index < -0.39 is 15.8 Å². The largest absolute Gasteiger partial charge is 0.494 e. The summed E-state index contributed by atoms with van der Waals surface area (Å²) in [7, 11) is -2.17. The van der Waals surface area contributed by atoms with Gasteiger partial charge in [0.15, 0.2) is 5.58 Å². The van der Waals surface area contributed by atoms with E-state index in [2.05, 4.69) is 0 Å². The lowest BCUT2D eigenvalue weighted by Gasteiger charge is -2.32. The van der Waals surface area contributed by atoms with Crippen molar-refractivity contribution in [3.8, 4) is 5.75 Å². The van der Waals surface area contributed by atoms with E-state index in [0.717, 1.165) is 31.7 Å². The van der Waals surface area contributed by atoms with Gasteiger partial charge in [0.1, 0.15) is 5.75 Å². The van der Waals surface area contributed by atoms with Gasteiger partial charge in [-0.15, -0.1) is 0 Å². The first-order valence-electron chi connectivity index (χ1n) is 12.4. The van der Waals surface area contributed by atoms with Gasteiger partial charge in [-0.25, -0.2) is 13.2 Å². The van der Waals surface area contributed by atoms with Crippen molar-refractivity contribution in [1.82, 2.24) is 13.8 Å². The fourth-order valence-electron chi connectivity index (χ4n) is 5.15. The fourth-order valence-corrected chi connectivity index (χ4v) is 6.64. The minimum atomic E-state index is -3.74. The molecule has 2 aliphatic rings. The molecule has 0 bridgehead atoms. The van der Waals surface area contributed by atoms with Crippen molar-refractivity contribution in [1.29, 1.82) is 0 Å². The molecule has 3 heterocycles. The van der Waals surface area contributed by atoms with Crippen LogP contribution in [0.3, 0.4) is 0 Å². The van der Waals surface area contributed by atoms with E-state index in [9.17, 15) is 18.0 Å². The number of benzene rings is 2. The van der Waals surface area contributed by atoms with Gasteiger partial charge < -0.3 is 14.1 Å². The molecule has 36 heavy (non-hydrogen) atoms. The van der Waals surface area contributed by atoms with Crippen LogP contribution in [-0.2, 0) is 21.9 Å². The van der Waals surface area contributed by atoms with Crippen LogP contribution in [0.4, 0.5) is 0 Å². The highest BCUT2D eigenvalue weighted by Gasteiger charge is 2.36. The normalized spacial score (nSPS) is 19.7. The SMILES string of the molecule is Cn1c(=O)oc2cc(S(=O)(=O)N3CCC(C(=O)N4CCC(CCOc5ccccc5)C4)CC3)ccc21. The summed E-state index contributed by atoms with van der Waals surface area (Å²) in [6, 6.07) is 14.2. The summed E-state index contributed by atoms with van der Waals surface area (Å²) in [5.41, 5.74) is 0.783. The van der Waals surface area contributed by atoms with Gasteiger partial charge in [-0.1, -0.05) is 18.2 Å². The predicted molar refractivity (Wildman–Crippen MR) is 134 cm³/mol. The van der Waals surface area contributed by atoms with Crippen LogP contribution in [0, 0.1) is 11.8 Å². The van der Waals surface area contributed by atoms with E-state index >= 15 is 0 Å². The van der Waals surface area contributed by atoms with Crippen LogP contribution in [0.25, 0.3) is 11.1 Å². The monoisotopic (exact) mass is 513 g/mol. The van der Waals surface area contributed by atoms with Crippen LogP contribution in [0.5, 0.6) is 5.75 Å². The number of likely N-dealkylation sites (tertiary alicyclic amines) is 1. The number of oxazole rings is 1. The molecule has 2 fully saturated rings. The third kappa shape index (κ3) is 4.92. The number of aryl methyl sites for hydroxylation is 1. The molecule has 192 valence electrons. The number of para-hydroxylation sites is 1. The highest BCUT2D eigenvalue weighted by molar-refractivity contribution is 7.89. The highest BCUT2D eigenvalue weighted by atomic mass is 32.2. The number of fused-ring (bicyclic) bond motifs is 1. The minimum absolute atomic E-state index is 0.0919. The van der Waals surface area contributed by atoms with Gasteiger partial charge in [0.2, 0.25) is 15.9 Å². The Balaban J connectivity index is 1.13. The summed E-state index contributed by atoms with van der Waals surface area (Å²) in [4.78, 5) is 26.9. The van der Waals surface area contributed by atoms with Crippen molar-refractivity contribution in [3.05, 3.63) is 59.1 Å². The van der Waals surface area contributed by atoms with Crippen molar-refractivity contribution in [3.63, 3.8) is 0 Å². The van der Waals surface area contributed by atoms with E-state index in [-0.39, 0.29) is 35.4 Å². The van der Waals surface area contributed by atoms with Crippen LogP contribution in [0.2, 0.25) is 0 Å². The highest BCUT2D eigenvalue weighted by Crippen LogP contribution is 2.29. The lowest BCUT2D eigenvalue weighted by Crippen LogP contribution is -2.43. The minimum Gasteiger partial charge on any atom is -0.494 e. The molecule has 0 N–H and O–H groups in total. The van der Waals surface area contributed by atoms with E-state index in [1.165, 1.54) is 21.0 Å². The number of sulfonamides is 1. The first kappa shape index (κ1) is 24.6. The Hall–Kier alpha value is -3.11. The molecule has 1 amide bonds. The number of hydrogen-bond donors (Lipinski definition) is 0. The standard InChI is InChI=1S/C26H31N3O6S/c1-27-23-8-7-22(17-24(23)35-26(27)31)36(32,33)29-14-10-20(11-15-29)25(30)28-13-9-19(18-28)12-16-34-21-5-3-2-4-6-21/h2-8,17,19-20H,9-16,18H2,1H3. The average molecular weight is 514 g/mol. The molecule has 3 aromatic rings. The quantitative estimate of drug-likeness (QED) is 0.482. The molecule has 0 spiro atoms. The lowest BCUT2D eigenvalue weighted by atomic mass is 9.96. The zero-order chi connectivity index (χ0) is 25.3. The number of amides is 1. The van der Waals surface area contributed by atoms with Gasteiger partial charge >= 0.3 is 5.76 Å². The second kappa shape index (κ2) is 10.1. The summed E-state index contributed by atoms with van der Waals surface area (Å²) in [6.07, 6.45) is 2.87. The third-order valence-corrected chi connectivity index (χ3v) is 9.23. The molecule has 1 aromatic heterocycles. The van der Waals surface area contributed by atoms with Crippen molar-refractivity contribution < 1.29 is 22.4 Å². The molecule has 2 aromatic carbocycles. The Morgan fingerprint density at radius 1 is 1.06 bits per heavy atom. The molecule has 0 aliphatic carbocycles. The van der Waals surface area contributed by atoms with Gasteiger partial charge in [-0.3, -0.25) is 9.36 Å². The lowest BCUT2D eigenvalue weighted by molar-refractivity contribution is -0.135. The number of rotatable bonds is 7. The van der Waals surface area contributed by atoms with Crippen LogP contribution >= 0.6 is 0 Å². The number of carbonyl (C=O) groups is 1. The molecule has 0 saturated carbocycles. The van der Waals surface area contributed by atoms with Gasteiger partial charge in [-0.2, -0.15) is 4.31 Å². The van der Waals surface area contributed by atoms with Crippen molar-refractivity contribution in [2.75, 3.05) is 32.8 Å². The summed E-state index contributed by atoms with van der Waals surface area (Å²) < 4.78 is 40.1. The number of aromatic nitrogens is 1. The van der Waals surface area contributed by atoms with Gasteiger partial charge in [0, 0.05) is 45.2 Å². The zero-order valence-electron chi connectivity index (χ0n) is 20.3. The number of hydrogen-bond acceptors (Lipinski definition) is 6. The van der Waals surface area contributed by atoms with Gasteiger partial charge in [0.05, 0.1) is 17.0 Å². The predicted octanol–water partition coefficient (Wildman–Crippen LogP) is 2.85. The van der Waals surface area contributed by atoms with Crippen LogP contribution in [0.15, 0.2) is 62.6 Å². The summed E-state index contributed by atoms with van der Waals surface area (Å²) >= 11 is 0. The van der Waals surface area contributed by atoms with Crippen molar-refractivity contribution in [2.24, 2.45) is 18.9 Å². The topological polar surface area (TPSA) is 102 Å². The molecule has 10 heteroatoms. The van der Waals surface area contributed by atoms with Crippen LogP contribution < -0.4 is 10.5 Å². The van der Waals surface area contributed by atoms with Crippen LogP contribution in [-0.4, -0.2) is 60.9 Å². The molecular formula is C26H31N3O6S. The number of nitrogens with zero attached hydrogens (tertiary/aromatic N) is 3. The Morgan fingerprint density at radius 3 is 2.56 bits per heavy atom. The second-order valence-electron chi connectivity index (χ2n) is 9.62. The molecule has 1 atom stereocenters. The van der Waals surface area contributed by atoms with Crippen LogP contribution in [0.1, 0.15) is 25.7 Å². The van der Waals surface area contributed by atoms with E-state index in [1.807, 2.05) is 35.2 Å². The third-order valence-electron chi connectivity index (χ3n) is 7.34. The smallest absolute Gasteiger partial charge is 0.419 e. The Labute approximate surface area is 210 Å². The first-order valence-corrected chi connectivity index (χ1v) is 13.8. The average Bonchev–Trinajstić information content (AvgIpc) is 3.48. The molecule has 1 unspecified atom stereocenters. The Kier molecular flexibility index (Phi) is 6.90. The van der Waals surface area contributed by atoms with Crippen molar-refractivity contribution in [2.45, 2.75) is 30.6 Å². The summed E-state index contributed by atoms with van der Waals surface area (Å²) in [5.74, 6) is 0.715. The maximum atomic E-state index is 13.2. The molecule has 9 nitrogen and oxygen atoms in total. The van der Waals surface area contributed by atoms with E-state index in [1.54, 1.807) is 13.1 Å². The van der Waals surface area contributed by atoms with Gasteiger partial charge in [-0.05, 0) is 55.9 Å². The molecule has 0 radical (unpaired) electrons. The Morgan fingerprint density at radius 2 is 1.81 bits per heavy atom. The maximum Gasteiger partial charge on any atom is 0.419 e. The van der Waals surface area contributed by atoms with Gasteiger partial charge in [0.25, 0.3) is 0 Å². The number of piperidine rings is 1. The summed E-state index contributed by atoms with van der Waals surface area (Å²) in [5, 5.41) is 0. The molecular weight excluding hydrogens is 482 g/mol.